The second-order valence-electron chi connectivity index (χ2n) is 5.68. The summed E-state index contributed by atoms with van der Waals surface area (Å²) in [5.41, 5.74) is 6.22. The van der Waals surface area contributed by atoms with E-state index in [1.54, 1.807) is 13.2 Å². The first kappa shape index (κ1) is 14.5. The van der Waals surface area contributed by atoms with Crippen LogP contribution in [0.2, 0.25) is 0 Å². The average molecular weight is 330 g/mol. The maximum absolute atomic E-state index is 14.6. The normalized spacial score (nSPS) is 16.2. The van der Waals surface area contributed by atoms with Gasteiger partial charge in [0.05, 0.1) is 28.2 Å². The summed E-state index contributed by atoms with van der Waals surface area (Å²) in [4.78, 5) is 15.7. The highest BCUT2D eigenvalue weighted by atomic mass is 19.1. The lowest BCUT2D eigenvalue weighted by Gasteiger charge is -2.29. The molecule has 0 spiro atoms. The van der Waals surface area contributed by atoms with Crippen LogP contribution in [0.3, 0.4) is 0 Å². The minimum atomic E-state index is -0.701. The van der Waals surface area contributed by atoms with Crippen LogP contribution >= 0.6 is 0 Å². The number of anilines is 2. The highest BCUT2D eigenvalue weighted by Gasteiger charge is 2.29. The number of nitrogens with two attached hydrogens (primary N) is 1. The third-order valence-corrected chi connectivity index (χ3v) is 4.27. The van der Waals surface area contributed by atoms with Gasteiger partial charge in [0.25, 0.3) is 0 Å². The molecule has 0 aliphatic carbocycles. The highest BCUT2D eigenvalue weighted by molar-refractivity contribution is 6.01. The Morgan fingerprint density at radius 3 is 3.00 bits per heavy atom. The predicted molar refractivity (Wildman–Crippen MR) is 87.7 cm³/mol. The molecule has 4 N–H and O–H groups in total. The fraction of sp³-hybridized carbons (Fsp3) is 0.267. The second-order valence-corrected chi connectivity index (χ2v) is 5.68. The van der Waals surface area contributed by atoms with Gasteiger partial charge in [-0.3, -0.25) is 4.79 Å². The third kappa shape index (κ3) is 1.75. The smallest absolute Gasteiger partial charge is 0.202 e. The number of nitrogens with one attached hydrogen (secondary N) is 2. The number of nitrogen functional groups attached to an aromatic ring is 1. The van der Waals surface area contributed by atoms with Crippen LogP contribution in [-0.2, 0) is 0 Å². The van der Waals surface area contributed by atoms with Crippen molar-refractivity contribution >= 4 is 22.3 Å². The summed E-state index contributed by atoms with van der Waals surface area (Å²) in [6.07, 6.45) is 3.06. The molecule has 1 aromatic carbocycles. The molecular formula is C15H15FN6O2. The van der Waals surface area contributed by atoms with Crippen LogP contribution in [0.15, 0.2) is 17.3 Å². The molecule has 0 saturated heterocycles. The Labute approximate surface area is 135 Å². The maximum Gasteiger partial charge on any atom is 0.202 e. The largest absolute Gasteiger partial charge is 0.487 e. The Kier molecular flexibility index (Phi) is 2.99. The van der Waals surface area contributed by atoms with E-state index in [1.807, 2.05) is 11.5 Å². The molecule has 124 valence electrons. The minimum absolute atomic E-state index is 0.0585. The molecule has 1 atom stereocenters. The topological polar surface area (TPSA) is 111 Å². The number of nitrogens with zero attached hydrogens (tertiary/aromatic N) is 3. The van der Waals surface area contributed by atoms with Gasteiger partial charge in [0.15, 0.2) is 17.4 Å². The molecule has 0 amide bonds. The monoisotopic (exact) mass is 330 g/mol. The molecule has 0 radical (unpaired) electrons. The lowest BCUT2D eigenvalue weighted by Crippen LogP contribution is -2.26. The fourth-order valence-electron chi connectivity index (χ4n) is 3.08. The molecule has 8 nitrogen and oxygen atoms in total. The number of hydrogen-bond donors (Lipinski definition) is 3. The minimum Gasteiger partial charge on any atom is -0.487 e. The SMILES string of the molecule is CNc1c(F)c(N)c2c(=O)c(-c3nnc[nH]3)cn3c2c1OC[C@@H]3C. The van der Waals surface area contributed by atoms with E-state index >= 15 is 0 Å². The van der Waals surface area contributed by atoms with Crippen LogP contribution < -0.4 is 21.2 Å². The molecule has 0 fully saturated rings. The van der Waals surface area contributed by atoms with Crippen molar-refractivity contribution in [1.29, 1.82) is 0 Å². The Hall–Kier alpha value is -3.10. The first-order chi connectivity index (χ1) is 11.5. The first-order valence-corrected chi connectivity index (χ1v) is 7.41. The van der Waals surface area contributed by atoms with E-state index in [4.69, 9.17) is 10.5 Å². The van der Waals surface area contributed by atoms with Gasteiger partial charge in [-0.15, -0.1) is 10.2 Å². The molecule has 4 rings (SSSR count). The summed E-state index contributed by atoms with van der Waals surface area (Å²) in [5, 5.41) is 10.4. The van der Waals surface area contributed by atoms with Gasteiger partial charge >= 0.3 is 0 Å². The molecule has 3 heterocycles. The number of aromatic nitrogens is 4. The van der Waals surface area contributed by atoms with E-state index < -0.39 is 11.2 Å². The number of aromatic amines is 1. The molecule has 2 aromatic heterocycles. The van der Waals surface area contributed by atoms with E-state index in [0.717, 1.165) is 0 Å². The molecule has 1 aliphatic heterocycles. The van der Waals surface area contributed by atoms with Crippen molar-refractivity contribution in [3.8, 4) is 17.1 Å². The van der Waals surface area contributed by atoms with Gasteiger partial charge in [-0.05, 0) is 6.92 Å². The number of H-pyrrole nitrogens is 1. The Balaban J connectivity index is 2.23. The van der Waals surface area contributed by atoms with Gasteiger partial charge in [0, 0.05) is 13.2 Å². The molecule has 0 bridgehead atoms. The van der Waals surface area contributed by atoms with Crippen LogP contribution in [0.1, 0.15) is 13.0 Å². The van der Waals surface area contributed by atoms with Gasteiger partial charge < -0.3 is 25.3 Å². The van der Waals surface area contributed by atoms with Crippen LogP contribution in [0, 0.1) is 5.82 Å². The summed E-state index contributed by atoms with van der Waals surface area (Å²) >= 11 is 0. The quantitative estimate of drug-likeness (QED) is 0.614. The van der Waals surface area contributed by atoms with E-state index in [0.29, 0.717) is 23.7 Å². The van der Waals surface area contributed by atoms with Gasteiger partial charge in [-0.2, -0.15) is 0 Å². The van der Waals surface area contributed by atoms with Gasteiger partial charge in [0.2, 0.25) is 5.43 Å². The summed E-state index contributed by atoms with van der Waals surface area (Å²) in [5.74, 6) is -0.102. The number of pyridine rings is 1. The number of benzene rings is 1. The van der Waals surface area contributed by atoms with E-state index in [2.05, 4.69) is 20.5 Å². The van der Waals surface area contributed by atoms with Crippen molar-refractivity contribution in [2.45, 2.75) is 13.0 Å². The molecule has 0 saturated carbocycles. The molecule has 3 aromatic rings. The summed E-state index contributed by atoms with van der Waals surface area (Å²) in [7, 11) is 1.58. The second kappa shape index (κ2) is 4.95. The van der Waals surface area contributed by atoms with E-state index in [1.165, 1.54) is 6.33 Å². The third-order valence-electron chi connectivity index (χ3n) is 4.27. The van der Waals surface area contributed by atoms with Crippen molar-refractivity contribution in [3.05, 3.63) is 28.6 Å². The fourth-order valence-corrected chi connectivity index (χ4v) is 3.08. The molecule has 0 unspecified atom stereocenters. The lowest BCUT2D eigenvalue weighted by atomic mass is 10.0. The van der Waals surface area contributed by atoms with E-state index in [9.17, 15) is 9.18 Å². The zero-order valence-electron chi connectivity index (χ0n) is 13.1. The van der Waals surface area contributed by atoms with Crippen molar-refractivity contribution in [3.63, 3.8) is 0 Å². The maximum atomic E-state index is 14.6. The zero-order chi connectivity index (χ0) is 17.0. The number of halogens is 1. The van der Waals surface area contributed by atoms with Crippen molar-refractivity contribution < 1.29 is 9.13 Å². The van der Waals surface area contributed by atoms with Gasteiger partial charge in [-0.1, -0.05) is 0 Å². The van der Waals surface area contributed by atoms with Gasteiger partial charge in [0.1, 0.15) is 18.6 Å². The predicted octanol–water partition coefficient (Wildman–Crippen LogP) is 1.50. The van der Waals surface area contributed by atoms with Crippen LogP contribution in [0.25, 0.3) is 22.3 Å². The Morgan fingerprint density at radius 1 is 1.54 bits per heavy atom. The zero-order valence-corrected chi connectivity index (χ0v) is 13.1. The number of ether oxygens (including phenoxy) is 1. The van der Waals surface area contributed by atoms with E-state index in [-0.39, 0.29) is 28.4 Å². The van der Waals surface area contributed by atoms with Crippen LogP contribution in [0.5, 0.6) is 5.75 Å². The summed E-state index contributed by atoms with van der Waals surface area (Å²) in [6.45, 7) is 2.29. The standard InChI is InChI=1S/C15H15FN6O2/c1-6-4-24-14-11(18-2)9(16)10(17)8-12(14)22(6)3-7(13(8)23)15-19-5-20-21-15/h3,5-6,18H,4,17H2,1-2H3,(H,19,20,21)/t6-/m0/s1. The van der Waals surface area contributed by atoms with Gasteiger partial charge in [-0.25, -0.2) is 4.39 Å². The average Bonchev–Trinajstić information content (AvgIpc) is 3.10. The Morgan fingerprint density at radius 2 is 2.33 bits per heavy atom. The van der Waals surface area contributed by atoms with Crippen LogP contribution in [-0.4, -0.2) is 33.4 Å². The molecule has 1 aliphatic rings. The summed E-state index contributed by atoms with van der Waals surface area (Å²) in [6, 6.07) is -0.0585. The van der Waals surface area contributed by atoms with Crippen molar-refractivity contribution in [2.24, 2.45) is 0 Å². The lowest BCUT2D eigenvalue weighted by molar-refractivity contribution is 0.248. The van der Waals surface area contributed by atoms with Crippen molar-refractivity contribution in [1.82, 2.24) is 19.7 Å². The van der Waals surface area contributed by atoms with Crippen LogP contribution in [0.4, 0.5) is 15.8 Å². The molecular weight excluding hydrogens is 315 g/mol. The molecule has 24 heavy (non-hydrogen) atoms. The van der Waals surface area contributed by atoms with Crippen molar-refractivity contribution in [2.75, 3.05) is 24.7 Å². The number of hydrogen-bond acceptors (Lipinski definition) is 6. The highest BCUT2D eigenvalue weighted by Crippen LogP contribution is 2.43. The molecule has 9 heteroatoms. The Bertz CT molecular complexity index is 1010. The summed E-state index contributed by atoms with van der Waals surface area (Å²) < 4.78 is 22.2. The first-order valence-electron chi connectivity index (χ1n) is 7.41. The number of rotatable bonds is 2.